The van der Waals surface area contributed by atoms with Gasteiger partial charge >= 0.3 is 0 Å². The highest BCUT2D eigenvalue weighted by Crippen LogP contribution is 2.28. The summed E-state index contributed by atoms with van der Waals surface area (Å²) in [4.78, 5) is 15.4. The van der Waals surface area contributed by atoms with Crippen molar-refractivity contribution in [1.82, 2.24) is 24.2 Å². The number of nitrogens with one attached hydrogen (secondary N) is 1. The van der Waals surface area contributed by atoms with Crippen LogP contribution in [0.5, 0.6) is 0 Å². The molecule has 0 spiro atoms. The molecule has 1 aliphatic rings. The number of piperidine rings is 1. The normalized spacial score (nSPS) is 20.9. The van der Waals surface area contributed by atoms with Gasteiger partial charge in [0.1, 0.15) is 5.82 Å². The van der Waals surface area contributed by atoms with Crippen molar-refractivity contribution in [2.75, 3.05) is 30.8 Å². The topological polar surface area (TPSA) is 144 Å². The molecule has 114 valence electrons. The number of aromatic nitrogens is 4. The molecule has 1 fully saturated rings. The first-order valence-electron chi connectivity index (χ1n) is 6.58. The van der Waals surface area contributed by atoms with E-state index in [0.29, 0.717) is 30.1 Å². The van der Waals surface area contributed by atoms with E-state index in [-0.39, 0.29) is 17.7 Å². The summed E-state index contributed by atoms with van der Waals surface area (Å²) < 4.78 is 24.8. The van der Waals surface area contributed by atoms with Gasteiger partial charge in [0.05, 0.1) is 6.26 Å². The van der Waals surface area contributed by atoms with Crippen LogP contribution in [-0.4, -0.2) is 52.0 Å². The molecule has 1 atom stereocenters. The van der Waals surface area contributed by atoms with Crippen LogP contribution < -0.4 is 11.5 Å². The smallest absolute Gasteiger partial charge is 0.224 e. The van der Waals surface area contributed by atoms with Crippen LogP contribution in [0.4, 0.5) is 11.8 Å². The molecule has 1 aliphatic heterocycles. The average molecular weight is 311 g/mol. The van der Waals surface area contributed by atoms with Gasteiger partial charge in [-0.1, -0.05) is 0 Å². The van der Waals surface area contributed by atoms with Gasteiger partial charge in [0.2, 0.25) is 16.0 Å². The number of H-pyrrole nitrogens is 1. The molecule has 1 saturated heterocycles. The van der Waals surface area contributed by atoms with Crippen LogP contribution in [-0.2, 0) is 10.0 Å². The highest BCUT2D eigenvalue weighted by atomic mass is 32.2. The Hall–Kier alpha value is -1.94. The van der Waals surface area contributed by atoms with Crippen molar-refractivity contribution in [2.45, 2.75) is 18.8 Å². The molecule has 2 aromatic rings. The first-order valence-corrected chi connectivity index (χ1v) is 8.43. The number of imidazole rings is 1. The first-order chi connectivity index (χ1) is 9.84. The maximum atomic E-state index is 11.7. The summed E-state index contributed by atoms with van der Waals surface area (Å²) in [6, 6.07) is 0. The van der Waals surface area contributed by atoms with Crippen molar-refractivity contribution in [2.24, 2.45) is 0 Å². The third-order valence-electron chi connectivity index (χ3n) is 3.65. The number of aromatic amines is 1. The number of nitrogens with zero attached hydrogens (tertiary/aromatic N) is 4. The van der Waals surface area contributed by atoms with Crippen molar-refractivity contribution in [3.63, 3.8) is 0 Å². The molecule has 0 amide bonds. The molecule has 10 heteroatoms. The predicted molar refractivity (Wildman–Crippen MR) is 78.9 cm³/mol. The molecule has 0 aliphatic carbocycles. The van der Waals surface area contributed by atoms with E-state index >= 15 is 0 Å². The lowest BCUT2D eigenvalue weighted by atomic mass is 9.99. The van der Waals surface area contributed by atoms with Crippen LogP contribution >= 0.6 is 0 Å². The number of sulfonamides is 1. The Morgan fingerprint density at radius 2 is 2.05 bits per heavy atom. The van der Waals surface area contributed by atoms with Gasteiger partial charge in [0.25, 0.3) is 0 Å². The van der Waals surface area contributed by atoms with E-state index < -0.39 is 10.0 Å². The molecule has 3 rings (SSSR count). The van der Waals surface area contributed by atoms with Crippen molar-refractivity contribution in [1.29, 1.82) is 0 Å². The van der Waals surface area contributed by atoms with E-state index in [0.717, 1.165) is 12.8 Å². The van der Waals surface area contributed by atoms with Crippen LogP contribution in [0.15, 0.2) is 0 Å². The Bertz CT molecular complexity index is 785. The van der Waals surface area contributed by atoms with Gasteiger partial charge in [-0.2, -0.15) is 9.97 Å². The summed E-state index contributed by atoms with van der Waals surface area (Å²) in [6.07, 6.45) is 2.87. The SMILES string of the molecule is CS(=O)(=O)N1CCCC(c2nc3c(N)nc(N)nc3[nH]2)C1. The van der Waals surface area contributed by atoms with E-state index in [9.17, 15) is 8.42 Å². The second-order valence-electron chi connectivity index (χ2n) is 5.25. The summed E-state index contributed by atoms with van der Waals surface area (Å²) in [5.74, 6) is 0.959. The lowest BCUT2D eigenvalue weighted by Gasteiger charge is -2.29. The number of anilines is 2. The van der Waals surface area contributed by atoms with Gasteiger partial charge in [-0.05, 0) is 12.8 Å². The Morgan fingerprint density at radius 3 is 2.76 bits per heavy atom. The van der Waals surface area contributed by atoms with Gasteiger partial charge in [0, 0.05) is 19.0 Å². The highest BCUT2D eigenvalue weighted by Gasteiger charge is 2.29. The molecular formula is C11H17N7O2S. The minimum absolute atomic E-state index is 0.0108. The van der Waals surface area contributed by atoms with Crippen molar-refractivity contribution in [3.05, 3.63) is 5.82 Å². The van der Waals surface area contributed by atoms with Crippen molar-refractivity contribution >= 4 is 33.0 Å². The van der Waals surface area contributed by atoms with Gasteiger partial charge in [0.15, 0.2) is 17.0 Å². The van der Waals surface area contributed by atoms with Gasteiger partial charge in [-0.25, -0.2) is 17.7 Å². The quantitative estimate of drug-likeness (QED) is 0.687. The molecule has 2 aromatic heterocycles. The van der Waals surface area contributed by atoms with Gasteiger partial charge in [-0.3, -0.25) is 0 Å². The standard InChI is InChI=1S/C11H17N7O2S/c1-21(19,20)18-4-2-3-6(5-18)9-14-7-8(12)15-11(13)17-10(7)16-9/h6H,2-5H2,1H3,(H5,12,13,14,15,16,17). The fraction of sp³-hybridized carbons (Fsp3) is 0.545. The largest absolute Gasteiger partial charge is 0.382 e. The van der Waals surface area contributed by atoms with Crippen molar-refractivity contribution < 1.29 is 8.42 Å². The van der Waals surface area contributed by atoms with E-state index in [1.807, 2.05) is 0 Å². The Morgan fingerprint density at radius 1 is 1.29 bits per heavy atom. The Balaban J connectivity index is 1.95. The molecule has 0 bridgehead atoms. The Labute approximate surface area is 121 Å². The number of nitrogen functional groups attached to an aromatic ring is 2. The lowest BCUT2D eigenvalue weighted by molar-refractivity contribution is 0.312. The summed E-state index contributed by atoms with van der Waals surface area (Å²) in [5, 5.41) is 0. The van der Waals surface area contributed by atoms with Crippen LogP contribution in [0, 0.1) is 0 Å². The lowest BCUT2D eigenvalue weighted by Crippen LogP contribution is -2.38. The van der Waals surface area contributed by atoms with Crippen LogP contribution in [0.3, 0.4) is 0 Å². The third-order valence-corrected chi connectivity index (χ3v) is 4.92. The second kappa shape index (κ2) is 4.81. The second-order valence-corrected chi connectivity index (χ2v) is 7.23. The minimum Gasteiger partial charge on any atom is -0.382 e. The highest BCUT2D eigenvalue weighted by molar-refractivity contribution is 7.88. The van der Waals surface area contributed by atoms with Crippen LogP contribution in [0.2, 0.25) is 0 Å². The fourth-order valence-electron chi connectivity index (χ4n) is 2.62. The summed E-state index contributed by atoms with van der Waals surface area (Å²) in [6.45, 7) is 0.950. The van der Waals surface area contributed by atoms with Crippen molar-refractivity contribution in [3.8, 4) is 0 Å². The zero-order chi connectivity index (χ0) is 15.2. The summed E-state index contributed by atoms with van der Waals surface area (Å²) in [5.41, 5.74) is 12.3. The van der Waals surface area contributed by atoms with Gasteiger partial charge < -0.3 is 16.5 Å². The van der Waals surface area contributed by atoms with Crippen LogP contribution in [0.1, 0.15) is 24.6 Å². The molecule has 0 saturated carbocycles. The molecule has 3 heterocycles. The Kier molecular flexibility index (Phi) is 3.21. The predicted octanol–water partition coefficient (Wildman–Crippen LogP) is -0.344. The zero-order valence-corrected chi connectivity index (χ0v) is 12.4. The minimum atomic E-state index is -3.19. The van der Waals surface area contributed by atoms with Crippen LogP contribution in [0.25, 0.3) is 11.2 Å². The number of rotatable bonds is 2. The molecule has 9 nitrogen and oxygen atoms in total. The first kappa shape index (κ1) is 14.0. The summed E-state index contributed by atoms with van der Waals surface area (Å²) >= 11 is 0. The summed E-state index contributed by atoms with van der Waals surface area (Å²) in [7, 11) is -3.19. The number of hydrogen-bond acceptors (Lipinski definition) is 7. The number of nitrogens with two attached hydrogens (primary N) is 2. The number of hydrogen-bond donors (Lipinski definition) is 3. The molecule has 0 aromatic carbocycles. The monoisotopic (exact) mass is 311 g/mol. The molecule has 5 N–H and O–H groups in total. The maximum absolute atomic E-state index is 11.7. The third kappa shape index (κ3) is 2.63. The molecule has 1 unspecified atom stereocenters. The number of fused-ring (bicyclic) bond motifs is 1. The molecular weight excluding hydrogens is 294 g/mol. The van der Waals surface area contributed by atoms with E-state index in [1.54, 1.807) is 0 Å². The average Bonchev–Trinajstić information content (AvgIpc) is 2.82. The zero-order valence-electron chi connectivity index (χ0n) is 11.6. The maximum Gasteiger partial charge on any atom is 0.224 e. The molecule has 21 heavy (non-hydrogen) atoms. The van der Waals surface area contributed by atoms with E-state index in [2.05, 4.69) is 19.9 Å². The molecule has 0 radical (unpaired) electrons. The van der Waals surface area contributed by atoms with E-state index in [1.165, 1.54) is 10.6 Å². The fourth-order valence-corrected chi connectivity index (χ4v) is 3.53. The van der Waals surface area contributed by atoms with Gasteiger partial charge in [-0.15, -0.1) is 0 Å². The van der Waals surface area contributed by atoms with E-state index in [4.69, 9.17) is 11.5 Å².